The van der Waals surface area contributed by atoms with Crippen molar-refractivity contribution in [2.75, 3.05) is 38.4 Å². The first-order valence-corrected chi connectivity index (χ1v) is 6.38. The van der Waals surface area contributed by atoms with Gasteiger partial charge in [-0.05, 0) is 25.0 Å². The highest BCUT2D eigenvalue weighted by molar-refractivity contribution is 6.34. The molecule has 1 rings (SSSR count). The summed E-state index contributed by atoms with van der Waals surface area (Å²) in [6, 6.07) is 3.15. The van der Waals surface area contributed by atoms with Gasteiger partial charge in [-0.1, -0.05) is 11.6 Å². The maximum absolute atomic E-state index is 11.7. The number of hydrogen-bond donors (Lipinski definition) is 2. The summed E-state index contributed by atoms with van der Waals surface area (Å²) in [4.78, 5) is 11.7. The van der Waals surface area contributed by atoms with Crippen LogP contribution in [0.1, 0.15) is 23.2 Å². The molecule has 19 heavy (non-hydrogen) atoms. The summed E-state index contributed by atoms with van der Waals surface area (Å²) in [5, 5.41) is 3.55. The van der Waals surface area contributed by atoms with Gasteiger partial charge in [-0.15, -0.1) is 0 Å². The van der Waals surface area contributed by atoms with Crippen LogP contribution in [-0.4, -0.2) is 33.3 Å². The maximum Gasteiger partial charge on any atom is 0.340 e. The van der Waals surface area contributed by atoms with Gasteiger partial charge < -0.3 is 20.5 Å². The first-order chi connectivity index (χ1) is 9.10. The minimum Gasteiger partial charge on any atom is -0.465 e. The summed E-state index contributed by atoms with van der Waals surface area (Å²) in [6.45, 7) is 1.40. The average Bonchev–Trinajstić information content (AvgIpc) is 2.39. The predicted octanol–water partition coefficient (Wildman–Crippen LogP) is 2.55. The van der Waals surface area contributed by atoms with Crippen LogP contribution in [0.5, 0.6) is 0 Å². The minimum absolute atomic E-state index is 0.347. The number of methoxy groups -OCH3 is 2. The Bertz CT molecular complexity index is 438. The van der Waals surface area contributed by atoms with Crippen molar-refractivity contribution in [1.82, 2.24) is 0 Å². The van der Waals surface area contributed by atoms with E-state index in [0.717, 1.165) is 12.8 Å². The molecule has 0 fully saturated rings. The van der Waals surface area contributed by atoms with Crippen molar-refractivity contribution >= 4 is 28.9 Å². The molecule has 6 heteroatoms. The maximum atomic E-state index is 11.7. The van der Waals surface area contributed by atoms with Crippen molar-refractivity contribution in [3.63, 3.8) is 0 Å². The van der Waals surface area contributed by atoms with Crippen LogP contribution in [0.4, 0.5) is 11.4 Å². The molecule has 0 aromatic heterocycles. The first kappa shape index (κ1) is 15.6. The van der Waals surface area contributed by atoms with E-state index in [4.69, 9.17) is 26.8 Å². The Balaban J connectivity index is 2.77. The number of carbonyl (C=O) groups is 1. The molecular weight excluding hydrogens is 268 g/mol. The summed E-state index contributed by atoms with van der Waals surface area (Å²) >= 11 is 6.10. The lowest BCUT2D eigenvalue weighted by molar-refractivity contribution is 0.0602. The lowest BCUT2D eigenvalue weighted by Crippen LogP contribution is -2.11. The summed E-state index contributed by atoms with van der Waals surface area (Å²) in [5.41, 5.74) is 7.01. The minimum atomic E-state index is -0.464. The fourth-order valence-corrected chi connectivity index (χ4v) is 1.96. The van der Waals surface area contributed by atoms with E-state index >= 15 is 0 Å². The Hall–Kier alpha value is -1.46. The predicted molar refractivity (Wildman–Crippen MR) is 76.8 cm³/mol. The van der Waals surface area contributed by atoms with Crippen molar-refractivity contribution in [1.29, 1.82) is 0 Å². The highest BCUT2D eigenvalue weighted by Crippen LogP contribution is 2.29. The number of nitrogens with one attached hydrogen (secondary N) is 1. The summed E-state index contributed by atoms with van der Waals surface area (Å²) < 4.78 is 9.69. The van der Waals surface area contributed by atoms with Crippen LogP contribution in [-0.2, 0) is 9.47 Å². The molecule has 5 nitrogen and oxygen atoms in total. The average molecular weight is 287 g/mol. The largest absolute Gasteiger partial charge is 0.465 e. The number of unbranched alkanes of at least 4 members (excludes halogenated alkanes) is 1. The van der Waals surface area contributed by atoms with Gasteiger partial charge in [0.25, 0.3) is 0 Å². The summed E-state index contributed by atoms with van der Waals surface area (Å²) in [5.74, 6) is -0.464. The van der Waals surface area contributed by atoms with Gasteiger partial charge in [0.2, 0.25) is 0 Å². The molecule has 0 bridgehead atoms. The van der Waals surface area contributed by atoms with Gasteiger partial charge in [-0.3, -0.25) is 0 Å². The standard InChI is InChI=1S/C13H19ClN2O3/c1-18-6-4-3-5-16-12-10(13(17)19-2)7-9(15)8-11(12)14/h7-8,16H,3-6,15H2,1-2H3. The van der Waals surface area contributed by atoms with E-state index in [2.05, 4.69) is 5.32 Å². The van der Waals surface area contributed by atoms with Crippen molar-refractivity contribution in [3.8, 4) is 0 Å². The number of carbonyl (C=O) groups excluding carboxylic acids is 1. The van der Waals surface area contributed by atoms with Crippen LogP contribution in [0.2, 0.25) is 5.02 Å². The van der Waals surface area contributed by atoms with Crippen LogP contribution >= 0.6 is 11.6 Å². The molecule has 0 atom stereocenters. The van der Waals surface area contributed by atoms with Crippen molar-refractivity contribution < 1.29 is 14.3 Å². The molecule has 0 saturated heterocycles. The fraction of sp³-hybridized carbons (Fsp3) is 0.462. The highest BCUT2D eigenvalue weighted by Gasteiger charge is 2.15. The lowest BCUT2D eigenvalue weighted by atomic mass is 10.1. The van der Waals surface area contributed by atoms with E-state index in [1.165, 1.54) is 7.11 Å². The Morgan fingerprint density at radius 2 is 2.11 bits per heavy atom. The molecule has 0 saturated carbocycles. The number of nitrogens with two attached hydrogens (primary N) is 1. The quantitative estimate of drug-likeness (QED) is 0.458. The number of nitrogen functional groups attached to an aromatic ring is 1. The molecule has 1 aromatic rings. The van der Waals surface area contributed by atoms with Gasteiger partial charge in [-0.2, -0.15) is 0 Å². The second-order valence-electron chi connectivity index (χ2n) is 4.04. The molecule has 0 heterocycles. The van der Waals surface area contributed by atoms with E-state index in [0.29, 0.717) is 35.1 Å². The smallest absolute Gasteiger partial charge is 0.340 e. The molecule has 0 unspecified atom stereocenters. The Morgan fingerprint density at radius 1 is 1.37 bits per heavy atom. The monoisotopic (exact) mass is 286 g/mol. The van der Waals surface area contributed by atoms with Gasteiger partial charge >= 0.3 is 5.97 Å². The molecule has 1 aromatic carbocycles. The zero-order valence-corrected chi connectivity index (χ0v) is 11.9. The Labute approximate surface area is 118 Å². The van der Waals surface area contributed by atoms with E-state index < -0.39 is 5.97 Å². The third-order valence-corrected chi connectivity index (χ3v) is 2.89. The molecule has 106 valence electrons. The third-order valence-electron chi connectivity index (χ3n) is 2.59. The normalized spacial score (nSPS) is 10.3. The highest BCUT2D eigenvalue weighted by atomic mass is 35.5. The lowest BCUT2D eigenvalue weighted by Gasteiger charge is -2.13. The molecule has 3 N–H and O–H groups in total. The van der Waals surface area contributed by atoms with Crippen LogP contribution in [0.3, 0.4) is 0 Å². The molecule has 0 aliphatic carbocycles. The van der Waals surface area contributed by atoms with Gasteiger partial charge in [0.1, 0.15) is 0 Å². The zero-order chi connectivity index (χ0) is 14.3. The number of hydrogen-bond acceptors (Lipinski definition) is 5. The first-order valence-electron chi connectivity index (χ1n) is 6.00. The number of benzene rings is 1. The summed E-state index contributed by atoms with van der Waals surface area (Å²) in [7, 11) is 2.99. The Morgan fingerprint density at radius 3 is 2.74 bits per heavy atom. The van der Waals surface area contributed by atoms with Gasteiger partial charge in [0, 0.05) is 25.9 Å². The molecule has 0 spiro atoms. The molecule has 0 amide bonds. The van der Waals surface area contributed by atoms with Crippen molar-refractivity contribution in [3.05, 3.63) is 22.7 Å². The van der Waals surface area contributed by atoms with E-state index in [1.54, 1.807) is 19.2 Å². The molecule has 0 radical (unpaired) electrons. The number of halogens is 1. The van der Waals surface area contributed by atoms with Crippen molar-refractivity contribution in [2.45, 2.75) is 12.8 Å². The van der Waals surface area contributed by atoms with E-state index in [9.17, 15) is 4.79 Å². The number of ether oxygens (including phenoxy) is 2. The fourth-order valence-electron chi connectivity index (χ4n) is 1.66. The van der Waals surface area contributed by atoms with E-state index in [1.807, 2.05) is 0 Å². The van der Waals surface area contributed by atoms with Crippen LogP contribution in [0.15, 0.2) is 12.1 Å². The van der Waals surface area contributed by atoms with Crippen molar-refractivity contribution in [2.24, 2.45) is 0 Å². The topological polar surface area (TPSA) is 73.6 Å². The van der Waals surface area contributed by atoms with Gasteiger partial charge in [0.05, 0.1) is 23.4 Å². The Kier molecular flexibility index (Phi) is 6.45. The van der Waals surface area contributed by atoms with Crippen LogP contribution < -0.4 is 11.1 Å². The number of rotatable bonds is 7. The molecule has 0 aliphatic rings. The molecular formula is C13H19ClN2O3. The number of esters is 1. The van der Waals surface area contributed by atoms with Crippen LogP contribution in [0, 0.1) is 0 Å². The second-order valence-corrected chi connectivity index (χ2v) is 4.45. The van der Waals surface area contributed by atoms with Gasteiger partial charge in [-0.25, -0.2) is 4.79 Å². The zero-order valence-electron chi connectivity index (χ0n) is 11.2. The number of anilines is 2. The second kappa shape index (κ2) is 7.86. The third kappa shape index (κ3) is 4.61. The van der Waals surface area contributed by atoms with E-state index in [-0.39, 0.29) is 0 Å². The van der Waals surface area contributed by atoms with Crippen LogP contribution in [0.25, 0.3) is 0 Å². The summed E-state index contributed by atoms with van der Waals surface area (Å²) in [6.07, 6.45) is 1.85. The molecule has 0 aliphatic heterocycles. The SMILES string of the molecule is COCCCCNc1c(Cl)cc(N)cc1C(=O)OC. The van der Waals surface area contributed by atoms with Gasteiger partial charge in [0.15, 0.2) is 0 Å².